The second kappa shape index (κ2) is 9.55. The molecule has 172 valence electrons. The summed E-state index contributed by atoms with van der Waals surface area (Å²) in [7, 11) is 0. The SMILES string of the molecule is NC(=O)c1nc(C2=CCCC=C2)n(-c2cccc(COC(F)(F)C(F)C(F)C(F)F)c2)n1. The summed E-state index contributed by atoms with van der Waals surface area (Å²) in [5.41, 5.74) is 6.29. The van der Waals surface area contributed by atoms with E-state index in [0.717, 1.165) is 12.8 Å². The summed E-state index contributed by atoms with van der Waals surface area (Å²) in [6.07, 6.45) is -9.13. The van der Waals surface area contributed by atoms with E-state index >= 15 is 0 Å². The van der Waals surface area contributed by atoms with Gasteiger partial charge in [-0.05, 0) is 30.5 Å². The van der Waals surface area contributed by atoms with Crippen molar-refractivity contribution in [2.45, 2.75) is 44.3 Å². The minimum absolute atomic E-state index is 0.0806. The number of aromatic nitrogens is 3. The first-order chi connectivity index (χ1) is 15.1. The molecule has 1 aromatic carbocycles. The lowest BCUT2D eigenvalue weighted by Gasteiger charge is -2.23. The van der Waals surface area contributed by atoms with E-state index in [2.05, 4.69) is 14.8 Å². The Morgan fingerprint density at radius 3 is 2.59 bits per heavy atom. The maximum atomic E-state index is 13.7. The molecule has 1 heterocycles. The first-order valence-corrected chi connectivity index (χ1v) is 9.41. The second-order valence-electron chi connectivity index (χ2n) is 6.88. The molecule has 1 aliphatic carbocycles. The normalized spacial score (nSPS) is 16.2. The van der Waals surface area contributed by atoms with Gasteiger partial charge in [0.15, 0.2) is 5.82 Å². The quantitative estimate of drug-likeness (QED) is 0.570. The highest BCUT2D eigenvalue weighted by atomic mass is 19.3. The van der Waals surface area contributed by atoms with Gasteiger partial charge in [-0.3, -0.25) is 4.79 Å². The summed E-state index contributed by atoms with van der Waals surface area (Å²) in [5, 5.41) is 4.05. The molecule has 1 aliphatic rings. The first-order valence-electron chi connectivity index (χ1n) is 9.41. The number of primary amides is 1. The van der Waals surface area contributed by atoms with Gasteiger partial charge in [-0.2, -0.15) is 8.78 Å². The molecular weight excluding hydrogens is 442 g/mol. The minimum atomic E-state index is -4.78. The van der Waals surface area contributed by atoms with Crippen LogP contribution in [0.2, 0.25) is 0 Å². The first kappa shape index (κ1) is 23.5. The van der Waals surface area contributed by atoms with Crippen LogP contribution in [-0.2, 0) is 11.3 Å². The number of benzene rings is 1. The number of alkyl halides is 6. The number of nitrogens with zero attached hydrogens (tertiary/aromatic N) is 3. The molecule has 2 aromatic rings. The average molecular weight is 460 g/mol. The number of amides is 1. The lowest BCUT2D eigenvalue weighted by Crippen LogP contribution is -2.42. The number of nitrogens with two attached hydrogens (primary N) is 1. The molecule has 6 nitrogen and oxygen atoms in total. The van der Waals surface area contributed by atoms with Crippen molar-refractivity contribution in [1.29, 1.82) is 0 Å². The Morgan fingerprint density at radius 2 is 1.97 bits per heavy atom. The molecule has 1 amide bonds. The van der Waals surface area contributed by atoms with Crippen molar-refractivity contribution in [2.75, 3.05) is 0 Å². The lowest BCUT2D eigenvalue weighted by atomic mass is 10.1. The molecule has 2 unspecified atom stereocenters. The summed E-state index contributed by atoms with van der Waals surface area (Å²) in [5.74, 6) is -0.869. The maximum Gasteiger partial charge on any atom is 0.390 e. The van der Waals surface area contributed by atoms with Gasteiger partial charge in [0.25, 0.3) is 12.3 Å². The van der Waals surface area contributed by atoms with E-state index in [4.69, 9.17) is 5.73 Å². The third kappa shape index (κ3) is 5.18. The molecule has 0 saturated heterocycles. The van der Waals surface area contributed by atoms with E-state index in [9.17, 15) is 31.1 Å². The predicted octanol–water partition coefficient (Wildman–Crippen LogP) is 4.15. The van der Waals surface area contributed by atoms with Gasteiger partial charge in [0.05, 0.1) is 12.3 Å². The van der Waals surface area contributed by atoms with Gasteiger partial charge in [0.1, 0.15) is 0 Å². The van der Waals surface area contributed by atoms with Crippen molar-refractivity contribution in [1.82, 2.24) is 14.8 Å². The Balaban J connectivity index is 1.86. The van der Waals surface area contributed by atoms with Crippen LogP contribution in [0.15, 0.2) is 42.5 Å². The lowest BCUT2D eigenvalue weighted by molar-refractivity contribution is -0.294. The standard InChI is InChI=1S/C20H18F6N4O2/c21-14(16(23)24)15(22)20(25,26)32-10-11-5-4-8-13(9-11)30-19(12-6-2-1-3-7-12)28-18(29-30)17(27)31/h2,4-9,14-16H,1,3,10H2,(H2,27,31). The van der Waals surface area contributed by atoms with Crippen LogP contribution < -0.4 is 5.73 Å². The molecular formula is C20H18F6N4O2. The van der Waals surface area contributed by atoms with Gasteiger partial charge >= 0.3 is 6.11 Å². The highest BCUT2D eigenvalue weighted by Crippen LogP contribution is 2.31. The fraction of sp³-hybridized carbons (Fsp3) is 0.350. The van der Waals surface area contributed by atoms with Gasteiger partial charge < -0.3 is 10.5 Å². The average Bonchev–Trinajstić information content (AvgIpc) is 3.23. The van der Waals surface area contributed by atoms with Crippen molar-refractivity contribution in [3.63, 3.8) is 0 Å². The van der Waals surface area contributed by atoms with Crippen LogP contribution in [0.4, 0.5) is 26.3 Å². The molecule has 12 heteroatoms. The molecule has 2 N–H and O–H groups in total. The van der Waals surface area contributed by atoms with Crippen LogP contribution in [0.1, 0.15) is 34.8 Å². The number of hydrogen-bond donors (Lipinski definition) is 1. The van der Waals surface area contributed by atoms with Gasteiger partial charge in [-0.25, -0.2) is 27.2 Å². The summed E-state index contributed by atoms with van der Waals surface area (Å²) in [4.78, 5) is 15.7. The Bertz CT molecular complexity index is 1040. The molecule has 0 aliphatic heterocycles. The van der Waals surface area contributed by atoms with Crippen molar-refractivity contribution in [3.8, 4) is 5.69 Å². The highest BCUT2D eigenvalue weighted by molar-refractivity contribution is 5.89. The molecule has 32 heavy (non-hydrogen) atoms. The number of halogens is 6. The summed E-state index contributed by atoms with van der Waals surface area (Å²) in [6.45, 7) is -0.910. The van der Waals surface area contributed by atoms with E-state index in [0.29, 0.717) is 5.57 Å². The van der Waals surface area contributed by atoms with E-state index in [1.54, 1.807) is 6.08 Å². The van der Waals surface area contributed by atoms with Crippen molar-refractivity contribution in [3.05, 3.63) is 59.7 Å². The molecule has 0 bridgehead atoms. The fourth-order valence-corrected chi connectivity index (χ4v) is 2.91. The zero-order valence-electron chi connectivity index (χ0n) is 16.4. The van der Waals surface area contributed by atoms with Gasteiger partial charge in [-0.1, -0.05) is 30.4 Å². The number of hydrogen-bond acceptors (Lipinski definition) is 4. The zero-order valence-corrected chi connectivity index (χ0v) is 16.4. The van der Waals surface area contributed by atoms with Crippen molar-refractivity contribution in [2.24, 2.45) is 5.73 Å². The predicted molar refractivity (Wildman–Crippen MR) is 102 cm³/mol. The topological polar surface area (TPSA) is 83.0 Å². The monoisotopic (exact) mass is 460 g/mol. The Kier molecular flexibility index (Phi) is 7.02. The third-order valence-electron chi connectivity index (χ3n) is 4.51. The van der Waals surface area contributed by atoms with Crippen molar-refractivity contribution >= 4 is 11.5 Å². The van der Waals surface area contributed by atoms with Gasteiger partial charge in [0.2, 0.25) is 18.2 Å². The highest BCUT2D eigenvalue weighted by Gasteiger charge is 2.50. The van der Waals surface area contributed by atoms with E-state index in [-0.39, 0.29) is 22.9 Å². The van der Waals surface area contributed by atoms with Crippen LogP contribution >= 0.6 is 0 Å². The van der Waals surface area contributed by atoms with Crippen LogP contribution in [-0.4, -0.2) is 45.5 Å². The molecule has 0 fully saturated rings. The zero-order chi connectivity index (χ0) is 23.5. The number of rotatable bonds is 9. The van der Waals surface area contributed by atoms with Crippen LogP contribution in [0.5, 0.6) is 0 Å². The number of allylic oxidation sites excluding steroid dienone is 4. The van der Waals surface area contributed by atoms with Gasteiger partial charge in [-0.15, -0.1) is 5.10 Å². The largest absolute Gasteiger partial charge is 0.390 e. The third-order valence-corrected chi connectivity index (χ3v) is 4.51. The van der Waals surface area contributed by atoms with Gasteiger partial charge in [0, 0.05) is 5.57 Å². The Labute approximate surface area is 178 Å². The molecule has 0 radical (unpaired) electrons. The Hall–Kier alpha value is -3.15. The summed E-state index contributed by atoms with van der Waals surface area (Å²) in [6, 6.07) is 5.65. The van der Waals surface area contributed by atoms with Crippen LogP contribution in [0, 0.1) is 0 Å². The smallest absolute Gasteiger partial charge is 0.363 e. The van der Waals surface area contributed by atoms with E-state index < -0.39 is 37.4 Å². The number of ether oxygens (including phenoxy) is 1. The van der Waals surface area contributed by atoms with Crippen LogP contribution in [0.3, 0.4) is 0 Å². The second-order valence-corrected chi connectivity index (χ2v) is 6.88. The van der Waals surface area contributed by atoms with E-state index in [1.165, 1.54) is 28.9 Å². The molecule has 1 aromatic heterocycles. The molecule has 0 saturated carbocycles. The van der Waals surface area contributed by atoms with Crippen LogP contribution in [0.25, 0.3) is 11.3 Å². The Morgan fingerprint density at radius 1 is 1.22 bits per heavy atom. The number of carbonyl (C=O) groups excluding carboxylic acids is 1. The van der Waals surface area contributed by atoms with Crippen molar-refractivity contribution < 1.29 is 35.9 Å². The molecule has 3 rings (SSSR count). The summed E-state index contributed by atoms with van der Waals surface area (Å²) < 4.78 is 83.5. The van der Waals surface area contributed by atoms with E-state index in [1.807, 2.05) is 12.2 Å². The maximum absolute atomic E-state index is 13.7. The fourth-order valence-electron chi connectivity index (χ4n) is 2.91. The molecule has 0 spiro atoms. The number of carbonyl (C=O) groups is 1. The minimum Gasteiger partial charge on any atom is -0.363 e. The summed E-state index contributed by atoms with van der Waals surface area (Å²) >= 11 is 0. The molecule has 2 atom stereocenters.